The second kappa shape index (κ2) is 10.8. The smallest absolute Gasteiger partial charge is 0.252 e. The number of aryl methyl sites for hydroxylation is 1. The molecule has 1 saturated carbocycles. The average molecular weight is 542 g/mol. The van der Waals surface area contributed by atoms with E-state index in [4.69, 9.17) is 4.74 Å². The van der Waals surface area contributed by atoms with Gasteiger partial charge in [0.15, 0.2) is 5.82 Å². The number of halogens is 1. The number of amides is 1. The topological polar surface area (TPSA) is 77.0 Å². The van der Waals surface area contributed by atoms with Gasteiger partial charge in [0, 0.05) is 40.7 Å². The second-order valence-electron chi connectivity index (χ2n) is 8.17. The van der Waals surface area contributed by atoms with Gasteiger partial charge in [0.25, 0.3) is 5.91 Å². The fourth-order valence-corrected chi connectivity index (χ4v) is 5.03. The monoisotopic (exact) mass is 542 g/mol. The number of nitrogens with zero attached hydrogens (tertiary/aromatic N) is 3. The van der Waals surface area contributed by atoms with Gasteiger partial charge in [0.2, 0.25) is 5.88 Å². The minimum absolute atomic E-state index is 0.0874. The number of alkyl halides is 1. The van der Waals surface area contributed by atoms with E-state index >= 15 is 0 Å². The fraction of sp³-hybridized carbons (Fsp3) is 0.360. The third kappa shape index (κ3) is 6.03. The summed E-state index contributed by atoms with van der Waals surface area (Å²) in [5.74, 6) is 2.31. The molecule has 1 amide bonds. The lowest BCUT2D eigenvalue weighted by molar-refractivity contribution is 0.0952. The summed E-state index contributed by atoms with van der Waals surface area (Å²) in [5.41, 5.74) is 2.39. The number of aromatic nitrogens is 3. The first-order valence-corrected chi connectivity index (χ1v) is 12.2. The highest BCUT2D eigenvalue weighted by molar-refractivity contribution is 14.1. The third-order valence-electron chi connectivity index (χ3n) is 5.71. The van der Waals surface area contributed by atoms with Crippen molar-refractivity contribution in [2.24, 2.45) is 11.8 Å². The Morgan fingerprint density at radius 1 is 1.16 bits per heavy atom. The molecular formula is C25H27IN4O2. The van der Waals surface area contributed by atoms with Crippen LogP contribution in [0.4, 0.5) is 0 Å². The van der Waals surface area contributed by atoms with Crippen LogP contribution in [0.25, 0.3) is 11.4 Å². The first-order chi connectivity index (χ1) is 15.6. The zero-order valence-corrected chi connectivity index (χ0v) is 20.2. The molecule has 7 heteroatoms. The Morgan fingerprint density at radius 2 is 1.94 bits per heavy atom. The molecule has 0 aliphatic heterocycles. The summed E-state index contributed by atoms with van der Waals surface area (Å²) >= 11 is 2.52. The van der Waals surface area contributed by atoms with Gasteiger partial charge in [-0.25, -0.2) is 15.0 Å². The molecule has 1 aliphatic rings. The van der Waals surface area contributed by atoms with Crippen molar-refractivity contribution >= 4 is 28.5 Å². The quantitative estimate of drug-likeness (QED) is 0.225. The molecule has 0 saturated heterocycles. The number of rotatable bonds is 10. The molecule has 1 aromatic carbocycles. The highest BCUT2D eigenvalue weighted by atomic mass is 127. The van der Waals surface area contributed by atoms with Crippen LogP contribution in [0, 0.1) is 18.8 Å². The molecule has 4 rings (SSSR count). The van der Waals surface area contributed by atoms with E-state index in [9.17, 15) is 4.79 Å². The molecule has 2 aromatic heterocycles. The largest absolute Gasteiger partial charge is 0.477 e. The summed E-state index contributed by atoms with van der Waals surface area (Å²) in [6.07, 6.45) is 8.29. The first-order valence-electron chi connectivity index (χ1n) is 11.0. The van der Waals surface area contributed by atoms with Gasteiger partial charge in [-0.15, -0.1) is 0 Å². The zero-order valence-electron chi connectivity index (χ0n) is 18.1. The van der Waals surface area contributed by atoms with Crippen LogP contribution in [0.1, 0.15) is 35.2 Å². The van der Waals surface area contributed by atoms with Crippen molar-refractivity contribution in [3.8, 4) is 17.3 Å². The molecule has 3 atom stereocenters. The molecule has 0 spiro atoms. The van der Waals surface area contributed by atoms with Crippen molar-refractivity contribution in [3.05, 3.63) is 72.2 Å². The summed E-state index contributed by atoms with van der Waals surface area (Å²) in [4.78, 5) is 25.8. The highest BCUT2D eigenvalue weighted by Gasteiger charge is 2.40. The van der Waals surface area contributed by atoms with Gasteiger partial charge in [-0.1, -0.05) is 46.4 Å². The summed E-state index contributed by atoms with van der Waals surface area (Å²) in [7, 11) is 0. The van der Waals surface area contributed by atoms with Gasteiger partial charge in [-0.2, -0.15) is 0 Å². The van der Waals surface area contributed by atoms with E-state index in [1.54, 1.807) is 24.7 Å². The van der Waals surface area contributed by atoms with E-state index in [0.29, 0.717) is 42.3 Å². The second-order valence-corrected chi connectivity index (χ2v) is 9.77. The summed E-state index contributed by atoms with van der Waals surface area (Å²) in [6.45, 7) is 3.28. The molecule has 3 unspecified atom stereocenters. The Kier molecular flexibility index (Phi) is 7.68. The van der Waals surface area contributed by atoms with Gasteiger partial charge in [-0.05, 0) is 56.2 Å². The number of nitrogens with one attached hydrogen (secondary N) is 1. The van der Waals surface area contributed by atoms with Crippen LogP contribution in [-0.2, 0) is 0 Å². The Labute approximate surface area is 202 Å². The molecule has 2 heterocycles. The van der Waals surface area contributed by atoms with E-state index in [2.05, 4.69) is 42.9 Å². The lowest BCUT2D eigenvalue weighted by Crippen LogP contribution is -2.26. The molecule has 32 heavy (non-hydrogen) atoms. The molecule has 1 aliphatic carbocycles. The molecular weight excluding hydrogens is 515 g/mol. The number of carbonyl (C=O) groups is 1. The average Bonchev–Trinajstić information content (AvgIpc) is 3.55. The van der Waals surface area contributed by atoms with Crippen LogP contribution >= 0.6 is 22.6 Å². The van der Waals surface area contributed by atoms with Crippen LogP contribution in [0.2, 0.25) is 0 Å². The first kappa shape index (κ1) is 22.6. The van der Waals surface area contributed by atoms with Gasteiger partial charge in [0.05, 0.1) is 12.2 Å². The Bertz CT molecular complexity index is 1030. The molecule has 0 bridgehead atoms. The van der Waals surface area contributed by atoms with Crippen molar-refractivity contribution in [1.82, 2.24) is 20.3 Å². The van der Waals surface area contributed by atoms with E-state index < -0.39 is 0 Å². The van der Waals surface area contributed by atoms with Crippen molar-refractivity contribution in [1.29, 1.82) is 0 Å². The molecule has 6 nitrogen and oxygen atoms in total. The standard InChI is InChI=1S/C25H27IN4O2/c1-17-8-9-19(24-28-12-5-13-29-24)21(14-17)25(31)30-11-4-6-18(20-15-22(20)26)16-32-23-7-2-3-10-27-23/h2-3,5,7-10,12-14,18,20,22H,4,6,11,15-16H2,1H3,(H,30,31). The van der Waals surface area contributed by atoms with E-state index in [1.165, 1.54) is 6.42 Å². The molecule has 0 radical (unpaired) electrons. The SMILES string of the molecule is Cc1ccc(-c2ncccn2)c(C(=O)NCCCC(COc2ccccn2)C2CC2I)c1. The minimum atomic E-state index is -0.0874. The van der Waals surface area contributed by atoms with Crippen LogP contribution in [0.15, 0.2) is 61.1 Å². The summed E-state index contributed by atoms with van der Waals surface area (Å²) in [6, 6.07) is 13.3. The van der Waals surface area contributed by atoms with Gasteiger partial charge in [-0.3, -0.25) is 4.79 Å². The van der Waals surface area contributed by atoms with Crippen molar-refractivity contribution in [2.45, 2.75) is 30.1 Å². The normalized spacial score (nSPS) is 18.1. The highest BCUT2D eigenvalue weighted by Crippen LogP contribution is 2.45. The van der Waals surface area contributed by atoms with Crippen molar-refractivity contribution < 1.29 is 9.53 Å². The minimum Gasteiger partial charge on any atom is -0.477 e. The van der Waals surface area contributed by atoms with Crippen LogP contribution in [-0.4, -0.2) is 37.9 Å². The Hall–Kier alpha value is -2.55. The summed E-state index contributed by atoms with van der Waals surface area (Å²) in [5, 5.41) is 3.09. The van der Waals surface area contributed by atoms with E-state index in [-0.39, 0.29) is 5.91 Å². The summed E-state index contributed by atoms with van der Waals surface area (Å²) < 4.78 is 6.65. The maximum Gasteiger partial charge on any atom is 0.252 e. The molecule has 1 N–H and O–H groups in total. The number of hydrogen-bond acceptors (Lipinski definition) is 5. The Balaban J connectivity index is 1.32. The van der Waals surface area contributed by atoms with E-state index in [0.717, 1.165) is 27.9 Å². The number of ether oxygens (including phenoxy) is 1. The lowest BCUT2D eigenvalue weighted by atomic mass is 9.98. The maximum absolute atomic E-state index is 12.9. The maximum atomic E-state index is 12.9. The van der Waals surface area contributed by atoms with Gasteiger partial charge >= 0.3 is 0 Å². The number of hydrogen-bond donors (Lipinski definition) is 1. The Morgan fingerprint density at radius 3 is 2.66 bits per heavy atom. The predicted molar refractivity (Wildman–Crippen MR) is 133 cm³/mol. The van der Waals surface area contributed by atoms with Crippen molar-refractivity contribution in [2.75, 3.05) is 13.2 Å². The molecule has 166 valence electrons. The predicted octanol–water partition coefficient (Wildman–Crippen LogP) is 4.88. The number of carbonyl (C=O) groups excluding carboxylic acids is 1. The molecule has 1 fully saturated rings. The zero-order chi connectivity index (χ0) is 22.3. The number of benzene rings is 1. The van der Waals surface area contributed by atoms with Crippen molar-refractivity contribution in [3.63, 3.8) is 0 Å². The fourth-order valence-electron chi connectivity index (χ4n) is 3.86. The number of pyridine rings is 1. The third-order valence-corrected chi connectivity index (χ3v) is 7.14. The van der Waals surface area contributed by atoms with Crippen LogP contribution in [0.5, 0.6) is 5.88 Å². The van der Waals surface area contributed by atoms with Crippen LogP contribution in [0.3, 0.4) is 0 Å². The lowest BCUT2D eigenvalue weighted by Gasteiger charge is -2.17. The molecule has 3 aromatic rings. The van der Waals surface area contributed by atoms with E-state index in [1.807, 2.05) is 43.3 Å². The van der Waals surface area contributed by atoms with Gasteiger partial charge < -0.3 is 10.1 Å². The van der Waals surface area contributed by atoms with Crippen LogP contribution < -0.4 is 10.1 Å². The van der Waals surface area contributed by atoms with Gasteiger partial charge in [0.1, 0.15) is 0 Å².